The van der Waals surface area contributed by atoms with Crippen LogP contribution in [0.15, 0.2) is 76.9 Å². The van der Waals surface area contributed by atoms with E-state index in [1.165, 1.54) is 18.2 Å². The molecule has 7 heteroatoms. The number of hydrogen-bond donors (Lipinski definition) is 2. The lowest BCUT2D eigenvalue weighted by Crippen LogP contribution is -2.17. The summed E-state index contributed by atoms with van der Waals surface area (Å²) >= 11 is 3.47. The van der Waals surface area contributed by atoms with Crippen LogP contribution in [-0.4, -0.2) is 30.9 Å². The molecule has 0 bridgehead atoms. The Hall–Kier alpha value is -3.42. The van der Waals surface area contributed by atoms with Crippen LogP contribution in [0.4, 0.5) is 11.4 Å². The first-order valence-electron chi connectivity index (χ1n) is 10.9. The molecule has 3 aromatic carbocycles. The number of nitrogens with zero attached hydrogens (tertiary/aromatic N) is 1. The number of carbonyl (C=O) groups excluding carboxylic acids is 2. The van der Waals surface area contributed by atoms with Crippen LogP contribution in [0.3, 0.4) is 0 Å². The Morgan fingerprint density at radius 1 is 1.00 bits per heavy atom. The Kier molecular flexibility index (Phi) is 7.14. The minimum Gasteiger partial charge on any atom is -0.465 e. The topological polar surface area (TPSA) is 70.7 Å². The van der Waals surface area contributed by atoms with Crippen LogP contribution < -0.4 is 10.6 Å². The molecule has 4 rings (SSSR count). The van der Waals surface area contributed by atoms with Crippen LogP contribution in [0, 0.1) is 0 Å². The SMILES string of the molecule is COC(=O)c1ccc2c(c1)NC(=O)/C2=C(/C)Nc1ccc(CN(C)Cc2ccc(Br)cc2)cc1. The number of fused-ring (bicyclic) bond motifs is 1. The van der Waals surface area contributed by atoms with Gasteiger partial charge < -0.3 is 15.4 Å². The van der Waals surface area contributed by atoms with E-state index in [1.807, 2.05) is 19.1 Å². The number of hydrogen-bond acceptors (Lipinski definition) is 5. The molecule has 1 aliphatic heterocycles. The minimum atomic E-state index is -0.438. The summed E-state index contributed by atoms with van der Waals surface area (Å²) in [4.78, 5) is 26.7. The Labute approximate surface area is 207 Å². The number of benzene rings is 3. The molecule has 0 unspecified atom stereocenters. The summed E-state index contributed by atoms with van der Waals surface area (Å²) in [5.74, 6) is -0.639. The second-order valence-corrected chi connectivity index (χ2v) is 9.24. The van der Waals surface area contributed by atoms with Gasteiger partial charge in [-0.2, -0.15) is 0 Å². The van der Waals surface area contributed by atoms with Gasteiger partial charge in [0.25, 0.3) is 5.91 Å². The molecule has 0 aliphatic carbocycles. The number of nitrogens with one attached hydrogen (secondary N) is 2. The molecule has 0 fully saturated rings. The molecule has 3 aromatic rings. The van der Waals surface area contributed by atoms with Gasteiger partial charge >= 0.3 is 5.97 Å². The fourth-order valence-electron chi connectivity index (χ4n) is 4.03. The number of allylic oxidation sites excluding steroid dienone is 1. The van der Waals surface area contributed by atoms with Crippen molar-refractivity contribution in [1.82, 2.24) is 4.90 Å². The van der Waals surface area contributed by atoms with Crippen LogP contribution in [0.5, 0.6) is 0 Å². The van der Waals surface area contributed by atoms with E-state index >= 15 is 0 Å². The average Bonchev–Trinajstić information content (AvgIpc) is 3.16. The summed E-state index contributed by atoms with van der Waals surface area (Å²) in [5, 5.41) is 6.17. The predicted octanol–water partition coefficient (Wildman–Crippen LogP) is 5.66. The van der Waals surface area contributed by atoms with Crippen LogP contribution >= 0.6 is 15.9 Å². The number of esters is 1. The second-order valence-electron chi connectivity index (χ2n) is 8.33. The van der Waals surface area contributed by atoms with Gasteiger partial charge in [-0.05, 0) is 61.5 Å². The molecule has 174 valence electrons. The minimum absolute atomic E-state index is 0.201. The lowest BCUT2D eigenvalue weighted by atomic mass is 10.0. The molecule has 0 aromatic heterocycles. The molecular weight excluding hydrogens is 494 g/mol. The number of amides is 1. The zero-order valence-electron chi connectivity index (χ0n) is 19.3. The molecule has 1 amide bonds. The highest BCUT2D eigenvalue weighted by Gasteiger charge is 2.27. The van der Waals surface area contributed by atoms with E-state index < -0.39 is 5.97 Å². The monoisotopic (exact) mass is 519 g/mol. The summed E-state index contributed by atoms with van der Waals surface area (Å²) in [6.07, 6.45) is 0. The van der Waals surface area contributed by atoms with Gasteiger partial charge in [0.15, 0.2) is 0 Å². The van der Waals surface area contributed by atoms with Crippen molar-refractivity contribution in [3.05, 3.63) is 99.2 Å². The Morgan fingerprint density at radius 3 is 2.24 bits per heavy atom. The highest BCUT2D eigenvalue weighted by atomic mass is 79.9. The van der Waals surface area contributed by atoms with Gasteiger partial charge in [-0.3, -0.25) is 9.69 Å². The lowest BCUT2D eigenvalue weighted by Gasteiger charge is -2.17. The van der Waals surface area contributed by atoms with Crippen LogP contribution in [-0.2, 0) is 22.6 Å². The number of carbonyl (C=O) groups is 2. The third-order valence-corrected chi connectivity index (χ3v) is 6.19. The summed E-state index contributed by atoms with van der Waals surface area (Å²) in [6.45, 7) is 3.57. The van der Waals surface area contributed by atoms with Crippen LogP contribution in [0.1, 0.15) is 34.0 Å². The highest BCUT2D eigenvalue weighted by Crippen LogP contribution is 2.35. The number of rotatable bonds is 7. The van der Waals surface area contributed by atoms with Gasteiger partial charge in [-0.25, -0.2) is 4.79 Å². The first-order valence-corrected chi connectivity index (χ1v) is 11.7. The number of halogens is 1. The van der Waals surface area contributed by atoms with Crippen molar-refractivity contribution in [3.8, 4) is 0 Å². The zero-order valence-corrected chi connectivity index (χ0v) is 20.9. The molecule has 6 nitrogen and oxygen atoms in total. The van der Waals surface area contributed by atoms with Crippen molar-refractivity contribution in [2.24, 2.45) is 0 Å². The predicted molar refractivity (Wildman–Crippen MR) is 138 cm³/mol. The standard InChI is InChI=1S/C27H26BrN3O3/c1-17(25-23-13-8-20(27(33)34-3)14-24(23)30-26(25)32)29-22-11-6-19(7-12-22)16-31(2)15-18-4-9-21(28)10-5-18/h4-14,29H,15-16H2,1-3H3,(H,30,32)/b25-17-. The van der Waals surface area contributed by atoms with Gasteiger partial charge in [0.05, 0.1) is 23.9 Å². The first kappa shape index (κ1) is 23.7. The Morgan fingerprint density at radius 2 is 1.62 bits per heavy atom. The Bertz CT molecular complexity index is 1250. The van der Waals surface area contributed by atoms with E-state index in [2.05, 4.69) is 74.9 Å². The van der Waals surface area contributed by atoms with Crippen LogP contribution in [0.25, 0.3) is 5.57 Å². The van der Waals surface area contributed by atoms with Gasteiger partial charge in [-0.1, -0.05) is 46.3 Å². The second kappa shape index (κ2) is 10.2. The molecule has 0 saturated heterocycles. The maximum Gasteiger partial charge on any atom is 0.337 e. The smallest absolute Gasteiger partial charge is 0.337 e. The molecular formula is C27H26BrN3O3. The van der Waals surface area contributed by atoms with E-state index in [0.717, 1.165) is 34.5 Å². The van der Waals surface area contributed by atoms with Gasteiger partial charge in [0, 0.05) is 34.5 Å². The fourth-order valence-corrected chi connectivity index (χ4v) is 4.30. The molecule has 1 aliphatic rings. The third-order valence-electron chi connectivity index (χ3n) is 5.66. The molecule has 1 heterocycles. The van der Waals surface area contributed by atoms with Crippen molar-refractivity contribution in [3.63, 3.8) is 0 Å². The van der Waals surface area contributed by atoms with Gasteiger partial charge in [0.2, 0.25) is 0 Å². The molecule has 0 spiro atoms. The fraction of sp³-hybridized carbons (Fsp3) is 0.185. The molecule has 0 saturated carbocycles. The molecule has 0 atom stereocenters. The number of ether oxygens (including phenoxy) is 1. The zero-order chi connectivity index (χ0) is 24.2. The summed E-state index contributed by atoms with van der Waals surface area (Å²) < 4.78 is 5.84. The third kappa shape index (κ3) is 5.38. The summed E-state index contributed by atoms with van der Waals surface area (Å²) in [5.41, 5.74) is 6.43. The molecule has 0 radical (unpaired) electrons. The van der Waals surface area contributed by atoms with Crippen molar-refractivity contribution < 1.29 is 14.3 Å². The highest BCUT2D eigenvalue weighted by molar-refractivity contribution is 9.10. The molecule has 34 heavy (non-hydrogen) atoms. The van der Waals surface area contributed by atoms with Crippen LogP contribution in [0.2, 0.25) is 0 Å². The number of anilines is 2. The normalized spacial score (nSPS) is 14.0. The first-order chi connectivity index (χ1) is 16.3. The van der Waals surface area contributed by atoms with Gasteiger partial charge in [-0.15, -0.1) is 0 Å². The van der Waals surface area contributed by atoms with E-state index in [0.29, 0.717) is 16.8 Å². The van der Waals surface area contributed by atoms with Crippen molar-refractivity contribution >= 4 is 44.8 Å². The largest absolute Gasteiger partial charge is 0.465 e. The summed E-state index contributed by atoms with van der Waals surface area (Å²) in [7, 11) is 3.43. The van der Waals surface area contributed by atoms with Crippen molar-refractivity contribution in [2.75, 3.05) is 24.8 Å². The van der Waals surface area contributed by atoms with Crippen molar-refractivity contribution in [1.29, 1.82) is 0 Å². The van der Waals surface area contributed by atoms with E-state index in [1.54, 1.807) is 18.2 Å². The van der Waals surface area contributed by atoms with Crippen molar-refractivity contribution in [2.45, 2.75) is 20.0 Å². The summed E-state index contributed by atoms with van der Waals surface area (Å²) in [6, 6.07) is 21.6. The van der Waals surface area contributed by atoms with E-state index in [9.17, 15) is 9.59 Å². The molecule has 2 N–H and O–H groups in total. The maximum atomic E-state index is 12.6. The average molecular weight is 520 g/mol. The lowest BCUT2D eigenvalue weighted by molar-refractivity contribution is -0.110. The van der Waals surface area contributed by atoms with Gasteiger partial charge in [0.1, 0.15) is 0 Å². The number of methoxy groups -OCH3 is 1. The Balaban J connectivity index is 1.43. The maximum absolute atomic E-state index is 12.6. The van der Waals surface area contributed by atoms with E-state index in [4.69, 9.17) is 4.74 Å². The quantitative estimate of drug-likeness (QED) is 0.311. The van der Waals surface area contributed by atoms with E-state index in [-0.39, 0.29) is 5.91 Å².